The molecule has 0 radical (unpaired) electrons. The number of aryl methyl sites for hydroxylation is 1. The van der Waals surface area contributed by atoms with Crippen molar-refractivity contribution >= 4 is 86.9 Å². The lowest BCUT2D eigenvalue weighted by Gasteiger charge is -2.24. The third-order valence-electron chi connectivity index (χ3n) is 26.9. The number of amides is 5. The van der Waals surface area contributed by atoms with E-state index >= 15 is 0 Å². The molecule has 141 heavy (non-hydrogen) atoms. The minimum Gasteiger partial charge on any atom is -0.496 e. The fraction of sp³-hybridized carbons (Fsp3) is 0.361. The Morgan fingerprint density at radius 1 is 0.298 bits per heavy atom. The molecule has 5 heterocycles. The first kappa shape index (κ1) is 109. The van der Waals surface area contributed by atoms with Gasteiger partial charge in [-0.15, -0.1) is 0 Å². The quantitative estimate of drug-likeness (QED) is 0.0307. The van der Waals surface area contributed by atoms with E-state index < -0.39 is 11.7 Å². The molecule has 0 saturated carbocycles. The number of nitrogens with zero attached hydrogens (tertiary/aromatic N) is 5. The summed E-state index contributed by atoms with van der Waals surface area (Å²) in [4.78, 5) is 83.4. The molecular weight excluding hydrogens is 1810 g/mol. The van der Waals surface area contributed by atoms with Crippen molar-refractivity contribution in [1.29, 1.82) is 0 Å². The fourth-order valence-electron chi connectivity index (χ4n) is 19.1. The highest BCUT2D eigenvalue weighted by Crippen LogP contribution is 2.43. The number of halogens is 5. The van der Waals surface area contributed by atoms with Crippen LogP contribution in [0, 0.1) is 6.92 Å². The summed E-state index contributed by atoms with van der Waals surface area (Å²) < 4.78 is 46.9. The molecule has 10 aromatic rings. The molecule has 5 amide bonds. The number of ether oxygens (including phenoxy) is 1. The number of carbonyl (C=O) groups excluding carboxylic acids is 6. The molecule has 0 aromatic heterocycles. The zero-order valence-electron chi connectivity index (χ0n) is 84.3. The number of alkyl halides is 3. The van der Waals surface area contributed by atoms with Gasteiger partial charge in [-0.25, -0.2) is 0 Å². The Morgan fingerprint density at radius 3 is 0.844 bits per heavy atom. The van der Waals surface area contributed by atoms with Gasteiger partial charge in [0.2, 0.25) is 0 Å². The molecule has 5 saturated heterocycles. The number of benzene rings is 10. The lowest BCUT2D eigenvalue weighted by Crippen LogP contribution is -2.30. The van der Waals surface area contributed by atoms with Crippen LogP contribution in [-0.4, -0.2) is 198 Å². The Morgan fingerprint density at radius 2 is 0.553 bits per heavy atom. The first-order chi connectivity index (χ1) is 68.4. The zero-order chi connectivity index (χ0) is 101. The van der Waals surface area contributed by atoms with Crippen LogP contribution in [0.15, 0.2) is 264 Å². The van der Waals surface area contributed by atoms with Crippen molar-refractivity contribution in [3.63, 3.8) is 0 Å². The van der Waals surface area contributed by atoms with Crippen molar-refractivity contribution in [3.8, 4) is 5.75 Å². The monoisotopic (exact) mass is 1950 g/mol. The largest absolute Gasteiger partial charge is 0.496 e. The maximum Gasteiger partial charge on any atom is 0.417 e. The highest BCUT2D eigenvalue weighted by atomic mass is 35.5. The molecule has 5 N–H and O–H groups in total. The number of para-hydroxylation sites is 1. The van der Waals surface area contributed by atoms with E-state index in [0.717, 1.165) is 217 Å². The highest BCUT2D eigenvalue weighted by Gasteiger charge is 2.35. The molecule has 10 aromatic carbocycles. The van der Waals surface area contributed by atoms with Crippen LogP contribution in [0.5, 0.6) is 5.75 Å². The van der Waals surface area contributed by atoms with Gasteiger partial charge in [0, 0.05) is 104 Å². The smallest absolute Gasteiger partial charge is 0.417 e. The van der Waals surface area contributed by atoms with E-state index in [1.807, 2.05) is 210 Å². The van der Waals surface area contributed by atoms with Gasteiger partial charge in [-0.3, -0.25) is 28.8 Å². The Bertz CT molecular complexity index is 5970. The van der Waals surface area contributed by atoms with E-state index in [4.69, 9.17) is 27.9 Å². The minimum absolute atomic E-state index is 0.0653. The third-order valence-corrected chi connectivity index (χ3v) is 27.6. The van der Waals surface area contributed by atoms with E-state index in [0.29, 0.717) is 90.0 Å². The van der Waals surface area contributed by atoms with Gasteiger partial charge in [0.1, 0.15) is 12.0 Å². The lowest BCUT2D eigenvalue weighted by atomic mass is 9.86. The second-order valence-electron chi connectivity index (χ2n) is 35.4. The molecule has 0 spiro atoms. The molecule has 22 heteroatoms. The van der Waals surface area contributed by atoms with E-state index in [9.17, 15) is 41.9 Å². The average molecular weight is 1950 g/mol. The minimum atomic E-state index is -4.44. The van der Waals surface area contributed by atoms with Gasteiger partial charge in [-0.1, -0.05) is 202 Å². The van der Waals surface area contributed by atoms with E-state index in [1.54, 1.807) is 48.4 Å². The summed E-state index contributed by atoms with van der Waals surface area (Å²) in [7, 11) is 1.72. The summed E-state index contributed by atoms with van der Waals surface area (Å²) in [6.45, 7) is 38.4. The Labute approximate surface area is 844 Å². The number of piperidine rings is 5. The number of aldehydes is 1. The van der Waals surface area contributed by atoms with Crippen LogP contribution >= 0.6 is 23.2 Å². The summed E-state index contributed by atoms with van der Waals surface area (Å²) in [5.74, 6) is 1.14. The van der Waals surface area contributed by atoms with Crippen LogP contribution in [0.1, 0.15) is 262 Å². The molecule has 5 aliphatic rings. The van der Waals surface area contributed by atoms with Crippen molar-refractivity contribution in [2.24, 2.45) is 0 Å². The Kier molecular flexibility index (Phi) is 42.9. The molecule has 15 rings (SSSR count). The fourth-order valence-corrected chi connectivity index (χ4v) is 19.4. The van der Waals surface area contributed by atoms with Crippen molar-refractivity contribution in [3.05, 3.63) is 375 Å². The summed E-state index contributed by atoms with van der Waals surface area (Å²) in [6, 6.07) is 75.3. The number of hydrogen-bond acceptors (Lipinski definition) is 12. The van der Waals surface area contributed by atoms with Gasteiger partial charge in [0.25, 0.3) is 29.5 Å². The average Bonchev–Trinajstić information content (AvgIpc) is 0.798. The standard InChI is InChI=1S/C24H27F3N2O.C24H30N2O2.C24H28N2O2.C24H30N2O.C23H26Cl2N2O/c1-3-29(4-2)23(30)19-11-9-17(10-12-19)22(18-13-15-28-16-14-18)20-7-5-6-8-21(20)24(25,26)27;1-4-26(5-2)24(27)20-12-10-18(11-13-20)23(19-14-16-25-17-15-19)21-8-6-7-9-22(21)28-3;1-3-26(4-2)24(28)21-10-8-19(9-11-21)23(20-12-14-25-15-13-20)22-7-5-6-18(16-22)17-27;1-4-26(5-2)24(27)21-11-9-19(10-12-21)23(20-13-15-25-16-14-20)22-8-6-7-18(3)17-22;1-3-27(4-2)23(28)18-7-5-16(6-8-18)22(17-11-13-26-14-12-17)19-9-10-20(24)21(25)15-19/h5-12,28H,3-4,13-16H2,1-2H3;6-13,25H,4-5,14-17H2,1-3H3;5-11,16-17,25H,3-4,12-15H2,1-2H3;6-12,17,25H,4-5,13-16H2,1-3H3;5-10,15,26H,3-4,11-14H2,1-2H3. The van der Waals surface area contributed by atoms with Gasteiger partial charge in [0.15, 0.2) is 0 Å². The molecule has 0 unspecified atom stereocenters. The van der Waals surface area contributed by atoms with Crippen LogP contribution in [0.25, 0.3) is 27.9 Å². The van der Waals surface area contributed by atoms with E-state index in [1.165, 1.54) is 67.3 Å². The molecular formula is C119H141Cl2F3N10O7. The Balaban J connectivity index is 0.000000169. The molecule has 744 valence electrons. The second kappa shape index (κ2) is 55.3. The van der Waals surface area contributed by atoms with Crippen LogP contribution in [-0.2, 0) is 6.18 Å². The maximum absolute atomic E-state index is 13.7. The summed E-state index contributed by atoms with van der Waals surface area (Å²) in [5, 5.41) is 18.1. The van der Waals surface area contributed by atoms with Gasteiger partial charge >= 0.3 is 6.18 Å². The third kappa shape index (κ3) is 29.3. The van der Waals surface area contributed by atoms with Crippen LogP contribution < -0.4 is 31.3 Å². The highest BCUT2D eigenvalue weighted by molar-refractivity contribution is 6.42. The normalized spacial score (nSPS) is 14.1. The van der Waals surface area contributed by atoms with E-state index in [2.05, 4.69) is 100 Å². The van der Waals surface area contributed by atoms with Gasteiger partial charge in [0.05, 0.1) is 22.7 Å². The maximum atomic E-state index is 13.7. The molecule has 5 fully saturated rings. The van der Waals surface area contributed by atoms with Crippen LogP contribution in [0.3, 0.4) is 0 Å². The number of hydrogen-bond donors (Lipinski definition) is 5. The summed E-state index contributed by atoms with van der Waals surface area (Å²) in [5.41, 5.74) is 27.1. The zero-order valence-corrected chi connectivity index (χ0v) is 85.8. The van der Waals surface area contributed by atoms with Crippen molar-refractivity contribution in [2.45, 2.75) is 147 Å². The van der Waals surface area contributed by atoms with Crippen molar-refractivity contribution in [1.82, 2.24) is 51.1 Å². The number of rotatable bonds is 27. The van der Waals surface area contributed by atoms with Crippen molar-refractivity contribution in [2.75, 3.05) is 138 Å². The number of methoxy groups -OCH3 is 1. The molecule has 0 aliphatic carbocycles. The summed E-state index contributed by atoms with van der Waals surface area (Å²) in [6.07, 6.45) is 6.00. The lowest BCUT2D eigenvalue weighted by molar-refractivity contribution is -0.137. The molecule has 0 atom stereocenters. The van der Waals surface area contributed by atoms with Gasteiger partial charge in [-0.2, -0.15) is 13.2 Å². The SMILES string of the molecule is CCN(CC)C(=O)c1ccc(C(=C2CCNCC2)c2ccc(Cl)c(Cl)c2)cc1.CCN(CC)C(=O)c1ccc(C(=C2CCNCC2)c2cccc(C)c2)cc1.CCN(CC)C(=O)c1ccc(C(=C2CCNCC2)c2cccc(C=O)c2)cc1.CCN(CC)C(=O)c1ccc(C(=C2CCNCC2)c2ccccc2C(F)(F)F)cc1.CCN(CC)C(=O)c1ccc(C(=C2CCNCC2)c2ccccc2OC)cc1. The predicted molar refractivity (Wildman–Crippen MR) is 573 cm³/mol. The molecule has 17 nitrogen and oxygen atoms in total. The van der Waals surface area contributed by atoms with Crippen LogP contribution in [0.2, 0.25) is 10.0 Å². The van der Waals surface area contributed by atoms with Gasteiger partial charge < -0.3 is 55.8 Å². The Hall–Kier alpha value is -12.1. The summed E-state index contributed by atoms with van der Waals surface area (Å²) >= 11 is 12.4. The van der Waals surface area contributed by atoms with E-state index in [-0.39, 0.29) is 35.1 Å². The van der Waals surface area contributed by atoms with Gasteiger partial charge in [-0.05, 0) is 375 Å². The predicted octanol–water partition coefficient (Wildman–Crippen LogP) is 24.2. The first-order valence-electron chi connectivity index (χ1n) is 50.4. The molecule has 5 aliphatic heterocycles. The van der Waals surface area contributed by atoms with Crippen molar-refractivity contribution < 1.29 is 46.7 Å². The number of carbonyl (C=O) groups is 6. The van der Waals surface area contributed by atoms with Crippen LogP contribution in [0.4, 0.5) is 13.2 Å². The second-order valence-corrected chi connectivity index (χ2v) is 36.2. The first-order valence-corrected chi connectivity index (χ1v) is 51.2. The topological polar surface area (TPSA) is 188 Å². The molecule has 0 bridgehead atoms. The number of nitrogens with one attached hydrogen (secondary N) is 5.